The second-order valence-corrected chi connectivity index (χ2v) is 8.15. The first-order chi connectivity index (χ1) is 15.9. The first-order valence-electron chi connectivity index (χ1n) is 10.6. The van der Waals surface area contributed by atoms with Gasteiger partial charge in [-0.3, -0.25) is 24.2 Å². The van der Waals surface area contributed by atoms with Gasteiger partial charge in [0.1, 0.15) is 5.75 Å². The van der Waals surface area contributed by atoms with Crippen molar-refractivity contribution < 1.29 is 19.1 Å². The summed E-state index contributed by atoms with van der Waals surface area (Å²) in [6.45, 7) is 5.78. The molecule has 3 amide bonds. The Morgan fingerprint density at radius 3 is 2.36 bits per heavy atom. The fraction of sp³-hybridized carbons (Fsp3) is 0.148. The molecule has 0 aliphatic carbocycles. The fourth-order valence-electron chi connectivity index (χ4n) is 4.95. The summed E-state index contributed by atoms with van der Waals surface area (Å²) in [5.41, 5.74) is 1.76. The van der Waals surface area contributed by atoms with Gasteiger partial charge in [0.15, 0.2) is 5.54 Å². The molecule has 0 aromatic heterocycles. The van der Waals surface area contributed by atoms with Gasteiger partial charge in [-0.1, -0.05) is 61.2 Å². The van der Waals surface area contributed by atoms with Crippen molar-refractivity contribution in [2.75, 3.05) is 12.0 Å². The van der Waals surface area contributed by atoms with Gasteiger partial charge < -0.3 is 4.74 Å². The van der Waals surface area contributed by atoms with E-state index in [4.69, 9.17) is 4.74 Å². The summed E-state index contributed by atoms with van der Waals surface area (Å²) in [6.07, 6.45) is 0. The number of fused-ring (bicyclic) bond motifs is 3. The summed E-state index contributed by atoms with van der Waals surface area (Å²) >= 11 is 0. The van der Waals surface area contributed by atoms with Crippen LogP contribution in [0.4, 0.5) is 5.69 Å². The molecular weight excluding hydrogens is 416 g/mol. The third-order valence-electron chi connectivity index (χ3n) is 6.39. The van der Waals surface area contributed by atoms with E-state index < -0.39 is 17.4 Å². The lowest BCUT2D eigenvalue weighted by Gasteiger charge is -2.45. The van der Waals surface area contributed by atoms with Gasteiger partial charge in [-0.2, -0.15) is 0 Å². The molecule has 0 saturated heterocycles. The lowest BCUT2D eigenvalue weighted by Crippen LogP contribution is -2.61. The van der Waals surface area contributed by atoms with E-state index in [-0.39, 0.29) is 12.5 Å². The molecule has 164 valence electrons. The molecule has 0 N–H and O–H groups in total. The molecule has 0 bridgehead atoms. The Hall–Kier alpha value is -4.19. The molecule has 2 heterocycles. The molecule has 3 aromatic carbocycles. The maximum atomic E-state index is 14.3. The molecule has 6 heteroatoms. The second-order valence-electron chi connectivity index (χ2n) is 8.15. The topological polar surface area (TPSA) is 66.9 Å². The van der Waals surface area contributed by atoms with Crippen molar-refractivity contribution >= 4 is 29.0 Å². The van der Waals surface area contributed by atoms with Crippen molar-refractivity contribution in [3.05, 3.63) is 102 Å². The first-order valence-corrected chi connectivity index (χ1v) is 10.6. The summed E-state index contributed by atoms with van der Waals surface area (Å²) in [5, 5.41) is 0. The van der Waals surface area contributed by atoms with Crippen LogP contribution in [-0.4, -0.2) is 29.7 Å². The normalized spacial score (nSPS) is 19.0. The van der Waals surface area contributed by atoms with Crippen LogP contribution in [-0.2, 0) is 21.7 Å². The molecule has 3 aromatic rings. The van der Waals surface area contributed by atoms with Crippen molar-refractivity contribution in [2.45, 2.75) is 19.0 Å². The Balaban J connectivity index is 1.80. The standard InChI is InChI=1S/C27H22N2O4/c1-17-21-11-7-8-12-24(21)29(18(2)30)27(17)23-14-13-20(33-3)15-22(23)25(31)28(26(27)32)16-19-9-5-4-6-10-19/h4-15H,1,16H2,2-3H3. The minimum atomic E-state index is -1.56. The van der Waals surface area contributed by atoms with E-state index in [1.54, 1.807) is 24.3 Å². The number of hydrogen-bond acceptors (Lipinski definition) is 4. The molecule has 2 aliphatic heterocycles. The molecule has 0 fully saturated rings. The van der Waals surface area contributed by atoms with Gasteiger partial charge in [0.05, 0.1) is 24.9 Å². The quantitative estimate of drug-likeness (QED) is 0.576. The van der Waals surface area contributed by atoms with Gasteiger partial charge in [0.25, 0.3) is 11.8 Å². The summed E-state index contributed by atoms with van der Waals surface area (Å²) < 4.78 is 5.36. The average molecular weight is 438 g/mol. The van der Waals surface area contributed by atoms with Crippen molar-refractivity contribution in [3.8, 4) is 5.75 Å². The van der Waals surface area contributed by atoms with Crippen LogP contribution in [0.15, 0.2) is 79.4 Å². The van der Waals surface area contributed by atoms with Crippen molar-refractivity contribution in [3.63, 3.8) is 0 Å². The smallest absolute Gasteiger partial charge is 0.265 e. The molecule has 1 atom stereocenters. The van der Waals surface area contributed by atoms with E-state index in [2.05, 4.69) is 6.58 Å². The highest BCUT2D eigenvalue weighted by molar-refractivity contribution is 6.25. The predicted octanol–water partition coefficient (Wildman–Crippen LogP) is 4.15. The van der Waals surface area contributed by atoms with E-state index in [1.165, 1.54) is 23.8 Å². The van der Waals surface area contributed by atoms with E-state index in [9.17, 15) is 14.4 Å². The molecule has 0 saturated carbocycles. The number of methoxy groups -OCH3 is 1. The van der Waals surface area contributed by atoms with Gasteiger partial charge >= 0.3 is 0 Å². The van der Waals surface area contributed by atoms with Crippen LogP contribution in [0.3, 0.4) is 0 Å². The number of carbonyl (C=O) groups excluding carboxylic acids is 3. The van der Waals surface area contributed by atoms with Crippen LogP contribution in [0.2, 0.25) is 0 Å². The maximum absolute atomic E-state index is 14.3. The summed E-state index contributed by atoms with van der Waals surface area (Å²) in [6, 6.07) is 21.6. The van der Waals surface area contributed by atoms with E-state index in [0.29, 0.717) is 33.7 Å². The fourth-order valence-corrected chi connectivity index (χ4v) is 4.95. The highest BCUT2D eigenvalue weighted by Crippen LogP contribution is 2.55. The molecular formula is C27H22N2O4. The third kappa shape index (κ3) is 2.77. The number of imide groups is 1. The second kappa shape index (κ2) is 7.45. The summed E-state index contributed by atoms with van der Waals surface area (Å²) in [5.74, 6) is -0.756. The van der Waals surface area contributed by atoms with Crippen LogP contribution < -0.4 is 9.64 Å². The largest absolute Gasteiger partial charge is 0.497 e. The van der Waals surface area contributed by atoms with Crippen LogP contribution in [0.25, 0.3) is 5.57 Å². The zero-order valence-corrected chi connectivity index (χ0v) is 18.4. The number of nitrogens with zero attached hydrogens (tertiary/aromatic N) is 2. The first kappa shape index (κ1) is 20.7. The highest BCUT2D eigenvalue weighted by Gasteiger charge is 2.61. The molecule has 0 radical (unpaired) electrons. The Morgan fingerprint density at radius 1 is 0.970 bits per heavy atom. The summed E-state index contributed by atoms with van der Waals surface area (Å²) in [4.78, 5) is 43.7. The number of rotatable bonds is 3. The predicted molar refractivity (Wildman–Crippen MR) is 125 cm³/mol. The zero-order chi connectivity index (χ0) is 23.3. The van der Waals surface area contributed by atoms with Crippen LogP contribution in [0.1, 0.15) is 34.0 Å². The minimum Gasteiger partial charge on any atom is -0.497 e. The highest BCUT2D eigenvalue weighted by atomic mass is 16.5. The molecule has 2 aliphatic rings. The Labute approximate surface area is 191 Å². The van der Waals surface area contributed by atoms with Gasteiger partial charge in [-0.25, -0.2) is 0 Å². The number of hydrogen-bond donors (Lipinski definition) is 0. The SMILES string of the molecule is C=C1c2ccccc2N(C(C)=O)C12C(=O)N(Cc1ccccc1)C(=O)c1cc(OC)ccc12. The number of anilines is 1. The molecule has 1 spiro atoms. The van der Waals surface area contributed by atoms with E-state index in [1.807, 2.05) is 48.5 Å². The Kier molecular flexibility index (Phi) is 4.67. The van der Waals surface area contributed by atoms with Gasteiger partial charge in [0, 0.05) is 18.1 Å². The number of para-hydroxylation sites is 1. The van der Waals surface area contributed by atoms with E-state index >= 15 is 0 Å². The Bertz CT molecular complexity index is 1330. The minimum absolute atomic E-state index is 0.0757. The Morgan fingerprint density at radius 2 is 1.67 bits per heavy atom. The van der Waals surface area contributed by atoms with Gasteiger partial charge in [0.2, 0.25) is 5.91 Å². The zero-order valence-electron chi connectivity index (χ0n) is 18.4. The van der Waals surface area contributed by atoms with Crippen LogP contribution in [0.5, 0.6) is 5.75 Å². The number of benzene rings is 3. The molecule has 1 unspecified atom stereocenters. The van der Waals surface area contributed by atoms with Gasteiger partial charge in [-0.05, 0) is 29.3 Å². The molecule has 33 heavy (non-hydrogen) atoms. The van der Waals surface area contributed by atoms with Gasteiger partial charge in [-0.15, -0.1) is 0 Å². The van der Waals surface area contributed by atoms with Crippen molar-refractivity contribution in [2.24, 2.45) is 0 Å². The van der Waals surface area contributed by atoms with Crippen LogP contribution >= 0.6 is 0 Å². The maximum Gasteiger partial charge on any atom is 0.265 e. The van der Waals surface area contributed by atoms with Crippen LogP contribution in [0, 0.1) is 0 Å². The lowest BCUT2D eigenvalue weighted by atomic mass is 9.75. The number of carbonyl (C=O) groups is 3. The van der Waals surface area contributed by atoms with Crippen molar-refractivity contribution in [1.29, 1.82) is 0 Å². The number of ether oxygens (including phenoxy) is 1. The monoisotopic (exact) mass is 438 g/mol. The molecule has 6 nitrogen and oxygen atoms in total. The van der Waals surface area contributed by atoms with E-state index in [0.717, 1.165) is 5.56 Å². The lowest BCUT2D eigenvalue weighted by molar-refractivity contribution is -0.135. The average Bonchev–Trinajstić information content (AvgIpc) is 3.10. The molecule has 5 rings (SSSR count). The third-order valence-corrected chi connectivity index (χ3v) is 6.39. The number of amides is 3. The summed E-state index contributed by atoms with van der Waals surface area (Å²) in [7, 11) is 1.52. The van der Waals surface area contributed by atoms with Crippen molar-refractivity contribution in [1.82, 2.24) is 4.90 Å².